The van der Waals surface area contributed by atoms with Gasteiger partial charge >= 0.3 is 6.09 Å². The number of benzene rings is 1. The molecule has 114 valence electrons. The Bertz CT molecular complexity index is 702. The number of nitrogens with zero attached hydrogens (tertiary/aromatic N) is 3. The molecule has 22 heavy (non-hydrogen) atoms. The topological polar surface area (TPSA) is 120 Å². The molecule has 0 unspecified atom stereocenters. The standard InChI is InChI=1S/C12H10N4O5S/c17-11-13-5-9(20-11)6-22-12-15-14-10(21-12)7-1-3-8(4-2-7)16(18)19/h1-4,9H,5-6H2,(H,13,17)/t9-/m1/s1. The van der Waals surface area contributed by atoms with Gasteiger partial charge in [-0.25, -0.2) is 4.79 Å². The van der Waals surface area contributed by atoms with E-state index in [1.165, 1.54) is 23.9 Å². The molecule has 0 spiro atoms. The second-order valence-electron chi connectivity index (χ2n) is 4.40. The zero-order chi connectivity index (χ0) is 15.5. The highest BCUT2D eigenvalue weighted by Gasteiger charge is 2.23. The molecule has 9 nitrogen and oxygen atoms in total. The predicted octanol–water partition coefficient (Wildman–Crippen LogP) is 1.85. The molecule has 10 heteroatoms. The molecule has 1 aliphatic rings. The maximum atomic E-state index is 10.9. The number of rotatable bonds is 5. The van der Waals surface area contributed by atoms with Gasteiger partial charge in [-0.2, -0.15) is 0 Å². The number of thioether (sulfide) groups is 1. The van der Waals surface area contributed by atoms with Gasteiger partial charge in [-0.1, -0.05) is 11.8 Å². The quantitative estimate of drug-likeness (QED) is 0.503. The highest BCUT2D eigenvalue weighted by molar-refractivity contribution is 7.99. The highest BCUT2D eigenvalue weighted by Crippen LogP contribution is 2.25. The smallest absolute Gasteiger partial charge is 0.407 e. The van der Waals surface area contributed by atoms with Gasteiger partial charge in [0.1, 0.15) is 6.10 Å². The van der Waals surface area contributed by atoms with Gasteiger partial charge in [-0.15, -0.1) is 10.2 Å². The minimum absolute atomic E-state index is 0.00610. The van der Waals surface area contributed by atoms with Crippen LogP contribution in [0.2, 0.25) is 0 Å². The molecule has 1 atom stereocenters. The van der Waals surface area contributed by atoms with Crippen molar-refractivity contribution >= 4 is 23.5 Å². The van der Waals surface area contributed by atoms with Gasteiger partial charge in [0.25, 0.3) is 10.9 Å². The summed E-state index contributed by atoms with van der Waals surface area (Å²) < 4.78 is 10.5. The highest BCUT2D eigenvalue weighted by atomic mass is 32.2. The van der Waals surface area contributed by atoms with Crippen LogP contribution in [-0.2, 0) is 4.74 Å². The zero-order valence-electron chi connectivity index (χ0n) is 11.1. The van der Waals surface area contributed by atoms with Crippen molar-refractivity contribution < 1.29 is 18.9 Å². The summed E-state index contributed by atoms with van der Waals surface area (Å²) >= 11 is 1.28. The Morgan fingerprint density at radius 3 is 2.77 bits per heavy atom. The van der Waals surface area contributed by atoms with Crippen molar-refractivity contribution in [1.82, 2.24) is 15.5 Å². The van der Waals surface area contributed by atoms with E-state index >= 15 is 0 Å². The van der Waals surface area contributed by atoms with Crippen LogP contribution < -0.4 is 5.32 Å². The molecular weight excluding hydrogens is 312 g/mol. The first-order valence-electron chi connectivity index (χ1n) is 6.27. The minimum Gasteiger partial charge on any atom is -0.443 e. The van der Waals surface area contributed by atoms with Gasteiger partial charge < -0.3 is 14.5 Å². The zero-order valence-corrected chi connectivity index (χ0v) is 11.9. The largest absolute Gasteiger partial charge is 0.443 e. The maximum Gasteiger partial charge on any atom is 0.407 e. The summed E-state index contributed by atoms with van der Waals surface area (Å²) in [7, 11) is 0. The first-order chi connectivity index (χ1) is 10.6. The number of carbonyl (C=O) groups excluding carboxylic acids is 1. The lowest BCUT2D eigenvalue weighted by atomic mass is 10.2. The van der Waals surface area contributed by atoms with Gasteiger partial charge in [0.2, 0.25) is 5.89 Å². The average molecular weight is 322 g/mol. The van der Waals surface area contributed by atoms with Gasteiger partial charge in [-0.3, -0.25) is 10.1 Å². The summed E-state index contributed by atoms with van der Waals surface area (Å²) in [4.78, 5) is 21.0. The van der Waals surface area contributed by atoms with Gasteiger partial charge in [0.15, 0.2) is 0 Å². The van der Waals surface area contributed by atoms with Crippen LogP contribution in [0.1, 0.15) is 0 Å². The van der Waals surface area contributed by atoms with Crippen molar-refractivity contribution in [1.29, 1.82) is 0 Å². The van der Waals surface area contributed by atoms with Crippen LogP contribution in [0.5, 0.6) is 0 Å². The summed E-state index contributed by atoms with van der Waals surface area (Å²) in [6.45, 7) is 0.454. The van der Waals surface area contributed by atoms with E-state index in [4.69, 9.17) is 9.15 Å². The van der Waals surface area contributed by atoms with E-state index in [9.17, 15) is 14.9 Å². The van der Waals surface area contributed by atoms with E-state index in [1.54, 1.807) is 12.1 Å². The number of amides is 1. The number of carbonyl (C=O) groups is 1. The first kappa shape index (κ1) is 14.3. The summed E-state index contributed by atoms with van der Waals surface area (Å²) in [5.41, 5.74) is 0.590. The molecule has 1 aromatic carbocycles. The van der Waals surface area contributed by atoms with E-state index < -0.39 is 11.0 Å². The van der Waals surface area contributed by atoms with Crippen molar-refractivity contribution in [3.63, 3.8) is 0 Å². The lowest BCUT2D eigenvalue weighted by molar-refractivity contribution is -0.384. The SMILES string of the molecule is O=C1NC[C@H](CSc2nnc(-c3ccc([N+](=O)[O-])cc3)o2)O1. The monoisotopic (exact) mass is 322 g/mol. The number of aromatic nitrogens is 2. The Kier molecular flexibility index (Phi) is 3.92. The predicted molar refractivity (Wildman–Crippen MR) is 75.4 cm³/mol. The van der Waals surface area contributed by atoms with E-state index in [0.717, 1.165) is 0 Å². The van der Waals surface area contributed by atoms with Crippen LogP contribution >= 0.6 is 11.8 Å². The lowest BCUT2D eigenvalue weighted by Crippen LogP contribution is -2.16. The third-order valence-electron chi connectivity index (χ3n) is 2.87. The molecule has 1 fully saturated rings. The normalized spacial score (nSPS) is 17.1. The minimum atomic E-state index is -0.476. The molecule has 1 aromatic heterocycles. The molecule has 0 radical (unpaired) electrons. The number of alkyl carbamates (subject to hydrolysis) is 1. The molecule has 2 aromatic rings. The summed E-state index contributed by atoms with van der Waals surface area (Å²) in [6.07, 6.45) is -0.657. The molecular formula is C12H10N4O5S. The Labute approximate surface area is 128 Å². The second kappa shape index (κ2) is 6.02. The number of cyclic esters (lactones) is 1. The fourth-order valence-corrected chi connectivity index (χ4v) is 2.55. The van der Waals surface area contributed by atoms with Crippen molar-refractivity contribution in [2.24, 2.45) is 0 Å². The van der Waals surface area contributed by atoms with Crippen molar-refractivity contribution in [3.05, 3.63) is 34.4 Å². The number of nitro groups is 1. The van der Waals surface area contributed by atoms with Crippen LogP contribution in [0.25, 0.3) is 11.5 Å². The van der Waals surface area contributed by atoms with Gasteiger partial charge in [0.05, 0.1) is 11.5 Å². The molecule has 2 heterocycles. The Morgan fingerprint density at radius 1 is 1.36 bits per heavy atom. The van der Waals surface area contributed by atoms with E-state index in [2.05, 4.69) is 15.5 Å². The summed E-state index contributed by atoms with van der Waals surface area (Å²) in [6, 6.07) is 5.83. The molecule has 1 N–H and O–H groups in total. The van der Waals surface area contributed by atoms with Crippen LogP contribution in [0.15, 0.2) is 33.9 Å². The molecule has 0 aliphatic carbocycles. The number of ether oxygens (including phenoxy) is 1. The van der Waals surface area contributed by atoms with Crippen LogP contribution in [0.3, 0.4) is 0 Å². The van der Waals surface area contributed by atoms with Crippen LogP contribution in [0.4, 0.5) is 10.5 Å². The first-order valence-corrected chi connectivity index (χ1v) is 7.26. The van der Waals surface area contributed by atoms with Crippen molar-refractivity contribution in [2.45, 2.75) is 11.3 Å². The molecule has 0 bridgehead atoms. The van der Waals surface area contributed by atoms with Crippen LogP contribution in [-0.4, -0.2) is 39.6 Å². The number of non-ortho nitro benzene ring substituents is 1. The van der Waals surface area contributed by atoms with Crippen LogP contribution in [0, 0.1) is 10.1 Å². The molecule has 3 rings (SSSR count). The van der Waals surface area contributed by atoms with Gasteiger partial charge in [-0.05, 0) is 12.1 Å². The molecule has 1 saturated heterocycles. The molecule has 1 amide bonds. The second-order valence-corrected chi connectivity index (χ2v) is 5.37. The van der Waals surface area contributed by atoms with E-state index in [1.807, 2.05) is 0 Å². The Balaban J connectivity index is 1.63. The summed E-state index contributed by atoms with van der Waals surface area (Å²) in [5.74, 6) is 0.777. The van der Waals surface area contributed by atoms with E-state index in [0.29, 0.717) is 23.1 Å². The number of hydrogen-bond donors (Lipinski definition) is 1. The van der Waals surface area contributed by atoms with E-state index in [-0.39, 0.29) is 17.7 Å². The molecule has 1 aliphatic heterocycles. The fraction of sp³-hybridized carbons (Fsp3) is 0.250. The Morgan fingerprint density at radius 2 is 2.14 bits per heavy atom. The fourth-order valence-electron chi connectivity index (χ4n) is 1.80. The lowest BCUT2D eigenvalue weighted by Gasteiger charge is -2.03. The Hall–Kier alpha value is -2.62. The number of hydrogen-bond acceptors (Lipinski definition) is 8. The summed E-state index contributed by atoms with van der Waals surface area (Å²) in [5, 5.41) is 21.3. The van der Waals surface area contributed by atoms with Crippen molar-refractivity contribution in [2.75, 3.05) is 12.3 Å². The third-order valence-corrected chi connectivity index (χ3v) is 3.82. The average Bonchev–Trinajstić information content (AvgIpc) is 3.14. The maximum absolute atomic E-state index is 10.9. The number of nitrogens with one attached hydrogen (secondary N) is 1. The third kappa shape index (κ3) is 3.17. The van der Waals surface area contributed by atoms with Crippen molar-refractivity contribution in [3.8, 4) is 11.5 Å². The molecule has 0 saturated carbocycles. The van der Waals surface area contributed by atoms with Gasteiger partial charge in [0, 0.05) is 23.4 Å². The number of nitro benzene ring substituents is 1.